The second kappa shape index (κ2) is 11.2. The first-order valence-corrected chi connectivity index (χ1v) is 16.5. The third-order valence-electron chi connectivity index (χ3n) is 9.47. The summed E-state index contributed by atoms with van der Waals surface area (Å²) in [6.07, 6.45) is 2.80. The van der Waals surface area contributed by atoms with E-state index < -0.39 is 80.1 Å². The summed E-state index contributed by atoms with van der Waals surface area (Å²) in [4.78, 5) is 74.4. The van der Waals surface area contributed by atoms with Gasteiger partial charge in [0, 0.05) is 25.7 Å². The number of carbonyl (C=O) groups is 5. The number of aliphatic hydroxyl groups is 1. The highest BCUT2D eigenvalue weighted by atomic mass is 32.2. The van der Waals surface area contributed by atoms with Gasteiger partial charge in [-0.15, -0.1) is 0 Å². The van der Waals surface area contributed by atoms with Gasteiger partial charge in [0.25, 0.3) is 0 Å². The summed E-state index contributed by atoms with van der Waals surface area (Å²) in [7, 11) is 2.61. The van der Waals surface area contributed by atoms with Gasteiger partial charge in [-0.25, -0.2) is 8.42 Å². The standard InChI is InChI=1S/C29H39N5O9S/c1-32(2)18-12-17(31-44(5,42)43)23(35)20-15(18)10-14-11-16-22(33(3)4)25(37)21(28(40)30-13-34-8-6-7-9-34)27(39)29(16,41)26(38)19(14)24(20)36/h12,14,16,19,21-22,31,35,41H,6-11,13H2,1-5H3,(H,30,40)/t14?,16?,19?,21?,22-,29-/m0/s1. The number of sulfonamides is 1. The lowest BCUT2D eigenvalue weighted by molar-refractivity contribution is -0.181. The van der Waals surface area contributed by atoms with Crippen LogP contribution in [0.1, 0.15) is 35.2 Å². The second-order valence-electron chi connectivity index (χ2n) is 12.8. The van der Waals surface area contributed by atoms with Crippen molar-refractivity contribution < 1.29 is 42.6 Å². The molecule has 1 saturated heterocycles. The van der Waals surface area contributed by atoms with Crippen LogP contribution in [0.5, 0.6) is 5.75 Å². The maximum absolute atomic E-state index is 14.2. The molecule has 1 amide bonds. The molecule has 6 atom stereocenters. The van der Waals surface area contributed by atoms with Crippen molar-refractivity contribution in [2.45, 2.75) is 37.3 Å². The van der Waals surface area contributed by atoms with Crippen molar-refractivity contribution in [3.8, 4) is 5.75 Å². The molecule has 4 N–H and O–H groups in total. The first-order chi connectivity index (χ1) is 20.5. The van der Waals surface area contributed by atoms with E-state index in [1.54, 1.807) is 33.1 Å². The van der Waals surface area contributed by atoms with Crippen molar-refractivity contribution in [2.24, 2.45) is 23.7 Å². The third kappa shape index (κ3) is 5.08. The summed E-state index contributed by atoms with van der Waals surface area (Å²) in [6.45, 7) is 1.60. The van der Waals surface area contributed by atoms with Gasteiger partial charge in [-0.05, 0) is 70.4 Å². The zero-order chi connectivity index (χ0) is 32.5. The molecule has 0 spiro atoms. The molecule has 240 valence electrons. The largest absolute Gasteiger partial charge is 0.505 e. The van der Waals surface area contributed by atoms with E-state index in [4.69, 9.17) is 0 Å². The molecule has 0 radical (unpaired) electrons. The molecule has 1 aromatic carbocycles. The van der Waals surface area contributed by atoms with Gasteiger partial charge in [-0.2, -0.15) is 0 Å². The van der Waals surface area contributed by atoms with Gasteiger partial charge >= 0.3 is 0 Å². The van der Waals surface area contributed by atoms with Crippen molar-refractivity contribution in [1.29, 1.82) is 0 Å². The number of Topliss-reactive ketones (excluding diaryl/α,β-unsaturated/α-hetero) is 4. The smallest absolute Gasteiger partial charge is 0.239 e. The van der Waals surface area contributed by atoms with Gasteiger partial charge in [-0.3, -0.25) is 38.5 Å². The van der Waals surface area contributed by atoms with Crippen molar-refractivity contribution in [3.63, 3.8) is 0 Å². The van der Waals surface area contributed by atoms with Crippen molar-refractivity contribution in [2.75, 3.05) is 63.8 Å². The van der Waals surface area contributed by atoms with Crippen LogP contribution < -0.4 is 14.9 Å². The van der Waals surface area contributed by atoms with Gasteiger partial charge in [0.1, 0.15) is 0 Å². The molecule has 0 bridgehead atoms. The number of anilines is 2. The zero-order valence-corrected chi connectivity index (χ0v) is 26.2. The monoisotopic (exact) mass is 633 g/mol. The molecule has 3 fully saturated rings. The fraction of sp³-hybridized carbons (Fsp3) is 0.621. The van der Waals surface area contributed by atoms with Gasteiger partial charge in [0.05, 0.1) is 36.1 Å². The highest BCUT2D eigenvalue weighted by Crippen LogP contribution is 2.52. The maximum Gasteiger partial charge on any atom is 0.239 e. The number of hydrogen-bond acceptors (Lipinski definition) is 12. The highest BCUT2D eigenvalue weighted by Gasteiger charge is 2.69. The molecule has 1 aliphatic heterocycles. The Bertz CT molecular complexity index is 1550. The van der Waals surface area contributed by atoms with Crippen LogP contribution in [0.15, 0.2) is 6.07 Å². The number of phenols is 1. The predicted octanol–water partition coefficient (Wildman–Crippen LogP) is -1.01. The maximum atomic E-state index is 14.2. The number of rotatable bonds is 7. The van der Waals surface area contributed by atoms with Crippen LogP contribution in [0.25, 0.3) is 0 Å². The number of fused-ring (bicyclic) bond motifs is 3. The molecule has 4 unspecified atom stereocenters. The number of phenolic OH excluding ortho intramolecular Hbond substituents is 1. The number of carbonyl (C=O) groups excluding carboxylic acids is 5. The fourth-order valence-corrected chi connectivity index (χ4v) is 8.10. The van der Waals surface area contributed by atoms with E-state index >= 15 is 0 Å². The minimum absolute atomic E-state index is 0.0580. The average Bonchev–Trinajstić information content (AvgIpc) is 3.44. The molecule has 1 heterocycles. The summed E-state index contributed by atoms with van der Waals surface area (Å²) in [5.74, 6) is -11.0. The number of likely N-dealkylation sites (N-methyl/N-ethyl adjacent to an activating group) is 1. The van der Waals surface area contributed by atoms with E-state index in [9.17, 15) is 42.6 Å². The van der Waals surface area contributed by atoms with E-state index in [0.717, 1.165) is 32.2 Å². The Balaban J connectivity index is 1.57. The molecule has 15 heteroatoms. The van der Waals surface area contributed by atoms with Crippen LogP contribution in [-0.4, -0.2) is 123 Å². The van der Waals surface area contributed by atoms with E-state index in [0.29, 0.717) is 11.3 Å². The molecule has 5 rings (SSSR count). The average molecular weight is 634 g/mol. The number of amides is 1. The van der Waals surface area contributed by atoms with Crippen LogP contribution in [0, 0.1) is 23.7 Å². The number of nitrogens with one attached hydrogen (secondary N) is 2. The zero-order valence-electron chi connectivity index (χ0n) is 25.4. The molecule has 3 aliphatic carbocycles. The Kier molecular flexibility index (Phi) is 8.14. The first kappa shape index (κ1) is 32.0. The van der Waals surface area contributed by atoms with E-state index in [-0.39, 0.29) is 30.8 Å². The Labute approximate surface area is 255 Å². The normalized spacial score (nSPS) is 30.6. The summed E-state index contributed by atoms with van der Waals surface area (Å²) in [6, 6.07) is 0.232. The minimum Gasteiger partial charge on any atom is -0.505 e. The molecule has 1 aromatic rings. The van der Waals surface area contributed by atoms with Crippen LogP contribution in [0.4, 0.5) is 11.4 Å². The van der Waals surface area contributed by atoms with Gasteiger partial charge in [0.2, 0.25) is 15.9 Å². The molecular formula is C29H39N5O9S. The van der Waals surface area contributed by atoms with Crippen molar-refractivity contribution >= 4 is 50.4 Å². The summed E-state index contributed by atoms with van der Waals surface area (Å²) < 4.78 is 26.2. The summed E-state index contributed by atoms with van der Waals surface area (Å²) in [5, 5.41) is 25.7. The van der Waals surface area contributed by atoms with Crippen LogP contribution in [0.2, 0.25) is 0 Å². The molecule has 2 saturated carbocycles. The second-order valence-corrected chi connectivity index (χ2v) is 14.6. The summed E-state index contributed by atoms with van der Waals surface area (Å²) >= 11 is 0. The quantitative estimate of drug-likeness (QED) is 0.211. The third-order valence-corrected chi connectivity index (χ3v) is 10.1. The number of likely N-dealkylation sites (tertiary alicyclic amines) is 1. The predicted molar refractivity (Wildman–Crippen MR) is 159 cm³/mol. The Morgan fingerprint density at radius 2 is 1.73 bits per heavy atom. The topological polar surface area (TPSA) is 194 Å². The molecular weight excluding hydrogens is 594 g/mol. The number of nitrogens with zero attached hydrogens (tertiary/aromatic N) is 3. The lowest BCUT2D eigenvalue weighted by Crippen LogP contribution is -2.74. The number of benzene rings is 1. The van der Waals surface area contributed by atoms with Crippen LogP contribution in [0.3, 0.4) is 0 Å². The fourth-order valence-electron chi connectivity index (χ4n) is 7.54. The Morgan fingerprint density at radius 1 is 1.09 bits per heavy atom. The molecule has 14 nitrogen and oxygen atoms in total. The Hall–Kier alpha value is -3.40. The first-order valence-electron chi connectivity index (χ1n) is 14.6. The van der Waals surface area contributed by atoms with Crippen molar-refractivity contribution in [1.82, 2.24) is 15.1 Å². The van der Waals surface area contributed by atoms with Gasteiger partial charge < -0.3 is 20.4 Å². The lowest BCUT2D eigenvalue weighted by Gasteiger charge is -2.52. The van der Waals surface area contributed by atoms with Crippen LogP contribution >= 0.6 is 0 Å². The number of hydrogen-bond donors (Lipinski definition) is 4. The minimum atomic E-state index is -3.87. The number of ketones is 4. The van der Waals surface area contributed by atoms with E-state index in [2.05, 4.69) is 10.0 Å². The molecule has 0 aromatic heterocycles. The molecule has 4 aliphatic rings. The molecule has 44 heavy (non-hydrogen) atoms. The van der Waals surface area contributed by atoms with Gasteiger partial charge in [-0.1, -0.05) is 0 Å². The van der Waals surface area contributed by atoms with Crippen LogP contribution in [-0.2, 0) is 35.6 Å². The van der Waals surface area contributed by atoms with Gasteiger partial charge in [0.15, 0.2) is 40.4 Å². The number of aromatic hydroxyl groups is 1. The highest BCUT2D eigenvalue weighted by molar-refractivity contribution is 7.92. The lowest BCUT2D eigenvalue weighted by atomic mass is 9.52. The summed E-state index contributed by atoms with van der Waals surface area (Å²) in [5.41, 5.74) is -2.54. The SMILES string of the molecule is CN(C)c1cc(NS(C)(=O)=O)c(O)c2c1CC1CC3[C@H](N(C)C)C(=O)C(C(=O)NCN4CCCC4)C(=O)[C@@]3(O)C(=O)C1C2=O. The van der Waals surface area contributed by atoms with E-state index in [1.165, 1.54) is 11.0 Å². The Morgan fingerprint density at radius 3 is 2.30 bits per heavy atom. The van der Waals surface area contributed by atoms with Crippen molar-refractivity contribution in [3.05, 3.63) is 17.2 Å². The van der Waals surface area contributed by atoms with E-state index in [1.807, 2.05) is 4.90 Å².